The molecule has 8 heteroatoms. The first kappa shape index (κ1) is 18.1. The third-order valence-corrected chi connectivity index (χ3v) is 4.97. The predicted molar refractivity (Wildman–Crippen MR) is 103 cm³/mol. The summed E-state index contributed by atoms with van der Waals surface area (Å²) in [5.74, 6) is -0.531. The third-order valence-electron chi connectivity index (χ3n) is 4.97. The summed E-state index contributed by atoms with van der Waals surface area (Å²) < 4.78 is 0. The maximum atomic E-state index is 12.4. The second-order valence-corrected chi connectivity index (χ2v) is 6.88. The van der Waals surface area contributed by atoms with E-state index in [4.69, 9.17) is 0 Å². The predicted octanol–water partition coefficient (Wildman–Crippen LogP) is 1.22. The van der Waals surface area contributed by atoms with Crippen LogP contribution in [0, 0.1) is 0 Å². The van der Waals surface area contributed by atoms with E-state index in [0.29, 0.717) is 29.9 Å². The summed E-state index contributed by atoms with van der Waals surface area (Å²) in [6, 6.07) is 7.45. The van der Waals surface area contributed by atoms with E-state index in [1.807, 2.05) is 24.3 Å². The number of aliphatic hydroxyl groups is 1. The SMILES string of the molecule is CN1C(=O)C2=C(C1=O)N(CC(O)Nc1ccc(-c3cccnc3)nc1)CCC2. The van der Waals surface area contributed by atoms with Gasteiger partial charge in [0.25, 0.3) is 11.8 Å². The molecule has 1 unspecified atom stereocenters. The smallest absolute Gasteiger partial charge is 0.277 e. The molecule has 0 saturated heterocycles. The van der Waals surface area contributed by atoms with Crippen LogP contribution in [-0.4, -0.2) is 63.1 Å². The molecule has 0 fully saturated rings. The third kappa shape index (κ3) is 3.34. The van der Waals surface area contributed by atoms with Crippen molar-refractivity contribution in [2.45, 2.75) is 19.1 Å². The number of hydrogen-bond acceptors (Lipinski definition) is 7. The maximum Gasteiger partial charge on any atom is 0.277 e. The first-order valence-corrected chi connectivity index (χ1v) is 9.16. The number of imide groups is 1. The van der Waals surface area contributed by atoms with E-state index in [0.717, 1.165) is 22.6 Å². The molecule has 2 aliphatic heterocycles. The molecule has 1 atom stereocenters. The van der Waals surface area contributed by atoms with Crippen LogP contribution in [0.2, 0.25) is 0 Å². The molecule has 4 heterocycles. The second kappa shape index (κ2) is 7.40. The summed E-state index contributed by atoms with van der Waals surface area (Å²) in [4.78, 5) is 35.9. The summed E-state index contributed by atoms with van der Waals surface area (Å²) in [7, 11) is 1.49. The van der Waals surface area contributed by atoms with Gasteiger partial charge in [-0.1, -0.05) is 0 Å². The molecule has 4 rings (SSSR count). The Bertz CT molecular complexity index is 927. The highest BCUT2D eigenvalue weighted by Crippen LogP contribution is 2.30. The van der Waals surface area contributed by atoms with E-state index in [9.17, 15) is 14.7 Å². The Morgan fingerprint density at radius 1 is 1.21 bits per heavy atom. The fourth-order valence-corrected chi connectivity index (χ4v) is 3.59. The molecule has 2 aromatic heterocycles. The van der Waals surface area contributed by atoms with Crippen molar-refractivity contribution in [3.05, 3.63) is 54.1 Å². The van der Waals surface area contributed by atoms with Crippen molar-refractivity contribution in [2.24, 2.45) is 0 Å². The zero-order chi connectivity index (χ0) is 19.7. The van der Waals surface area contributed by atoms with Crippen molar-refractivity contribution < 1.29 is 14.7 Å². The van der Waals surface area contributed by atoms with Gasteiger partial charge >= 0.3 is 0 Å². The highest BCUT2D eigenvalue weighted by atomic mass is 16.3. The van der Waals surface area contributed by atoms with Gasteiger partial charge in [0.2, 0.25) is 0 Å². The molecule has 2 aromatic rings. The average molecular weight is 379 g/mol. The molecule has 2 N–H and O–H groups in total. The lowest BCUT2D eigenvalue weighted by Crippen LogP contribution is -2.40. The van der Waals surface area contributed by atoms with Gasteiger partial charge in [-0.3, -0.25) is 24.5 Å². The highest BCUT2D eigenvalue weighted by molar-refractivity contribution is 6.18. The standard InChI is InChI=1S/C20H21N5O3/c1-24-19(27)15-5-3-9-25(18(15)20(24)28)12-17(26)23-14-6-7-16(22-11-14)13-4-2-8-21-10-13/h2,4,6-8,10-11,17,23,26H,3,5,9,12H2,1H3. The fraction of sp³-hybridized carbons (Fsp3) is 0.300. The number of aromatic nitrogens is 2. The van der Waals surface area contributed by atoms with Crippen LogP contribution in [-0.2, 0) is 9.59 Å². The topological polar surface area (TPSA) is 98.7 Å². The van der Waals surface area contributed by atoms with Gasteiger partial charge in [0.15, 0.2) is 0 Å². The molecule has 0 radical (unpaired) electrons. The van der Waals surface area contributed by atoms with Gasteiger partial charge in [-0.25, -0.2) is 0 Å². The lowest BCUT2D eigenvalue weighted by Gasteiger charge is -2.31. The number of rotatable bonds is 5. The zero-order valence-corrected chi connectivity index (χ0v) is 15.5. The molecular formula is C20H21N5O3. The summed E-state index contributed by atoms with van der Waals surface area (Å²) in [6.45, 7) is 0.832. The normalized spacial score (nSPS) is 17.8. The van der Waals surface area contributed by atoms with Gasteiger partial charge in [-0.05, 0) is 37.1 Å². The van der Waals surface area contributed by atoms with Crippen molar-refractivity contribution in [3.8, 4) is 11.3 Å². The molecule has 2 amide bonds. The Kier molecular flexibility index (Phi) is 4.79. The first-order valence-electron chi connectivity index (χ1n) is 9.16. The number of nitrogens with one attached hydrogen (secondary N) is 1. The number of anilines is 1. The minimum Gasteiger partial charge on any atom is -0.372 e. The van der Waals surface area contributed by atoms with Crippen LogP contribution < -0.4 is 5.32 Å². The lowest BCUT2D eigenvalue weighted by atomic mass is 10.0. The van der Waals surface area contributed by atoms with Crippen LogP contribution in [0.5, 0.6) is 0 Å². The summed E-state index contributed by atoms with van der Waals surface area (Å²) in [6.07, 6.45) is 5.56. The monoisotopic (exact) mass is 379 g/mol. The molecule has 0 spiro atoms. The van der Waals surface area contributed by atoms with E-state index in [1.165, 1.54) is 7.05 Å². The number of β-amino-alcohol motifs (C(OH)–C–C–N with tert-alkyl or cyclic N) is 1. The van der Waals surface area contributed by atoms with Crippen molar-refractivity contribution in [1.82, 2.24) is 19.8 Å². The van der Waals surface area contributed by atoms with E-state index >= 15 is 0 Å². The Morgan fingerprint density at radius 2 is 2.07 bits per heavy atom. The Balaban J connectivity index is 1.43. The van der Waals surface area contributed by atoms with E-state index in [2.05, 4.69) is 15.3 Å². The van der Waals surface area contributed by atoms with Crippen molar-refractivity contribution >= 4 is 17.5 Å². The van der Waals surface area contributed by atoms with Crippen molar-refractivity contribution in [3.63, 3.8) is 0 Å². The van der Waals surface area contributed by atoms with Gasteiger partial charge in [0.1, 0.15) is 11.9 Å². The molecule has 2 aliphatic rings. The Hall–Kier alpha value is -3.26. The second-order valence-electron chi connectivity index (χ2n) is 6.88. The summed E-state index contributed by atoms with van der Waals surface area (Å²) >= 11 is 0. The molecule has 0 saturated carbocycles. The van der Waals surface area contributed by atoms with Crippen LogP contribution in [0.3, 0.4) is 0 Å². The van der Waals surface area contributed by atoms with Gasteiger partial charge < -0.3 is 15.3 Å². The molecule has 0 aliphatic carbocycles. The van der Waals surface area contributed by atoms with Crippen LogP contribution in [0.15, 0.2) is 54.1 Å². The number of likely N-dealkylation sites (N-methyl/N-ethyl adjacent to an activating group) is 1. The largest absolute Gasteiger partial charge is 0.372 e. The van der Waals surface area contributed by atoms with Crippen molar-refractivity contribution in [2.75, 3.05) is 25.5 Å². The number of carbonyl (C=O) groups is 2. The highest BCUT2D eigenvalue weighted by Gasteiger charge is 2.40. The molecule has 8 nitrogen and oxygen atoms in total. The number of nitrogens with zero attached hydrogens (tertiary/aromatic N) is 4. The van der Waals surface area contributed by atoms with Crippen LogP contribution in [0.1, 0.15) is 12.8 Å². The molecular weight excluding hydrogens is 358 g/mol. The minimum atomic E-state index is -0.910. The average Bonchev–Trinajstić information content (AvgIpc) is 2.94. The maximum absolute atomic E-state index is 12.4. The van der Waals surface area contributed by atoms with Gasteiger partial charge in [-0.2, -0.15) is 0 Å². The van der Waals surface area contributed by atoms with Crippen molar-refractivity contribution in [1.29, 1.82) is 0 Å². The number of aliphatic hydroxyl groups excluding tert-OH is 1. The molecule has 28 heavy (non-hydrogen) atoms. The Labute approximate surface area is 162 Å². The zero-order valence-electron chi connectivity index (χ0n) is 15.5. The summed E-state index contributed by atoms with van der Waals surface area (Å²) in [5, 5.41) is 13.4. The number of hydrogen-bond donors (Lipinski definition) is 2. The lowest BCUT2D eigenvalue weighted by molar-refractivity contribution is -0.136. The number of amides is 2. The van der Waals surface area contributed by atoms with E-state index < -0.39 is 6.23 Å². The Morgan fingerprint density at radius 3 is 2.79 bits per heavy atom. The van der Waals surface area contributed by atoms with Crippen LogP contribution in [0.25, 0.3) is 11.3 Å². The molecule has 144 valence electrons. The van der Waals surface area contributed by atoms with Gasteiger partial charge in [0.05, 0.1) is 24.1 Å². The fourth-order valence-electron chi connectivity index (χ4n) is 3.59. The number of pyridine rings is 2. The minimum absolute atomic E-state index is 0.204. The summed E-state index contributed by atoms with van der Waals surface area (Å²) in [5.41, 5.74) is 3.34. The van der Waals surface area contributed by atoms with E-state index in [1.54, 1.807) is 23.5 Å². The molecule has 0 bridgehead atoms. The van der Waals surface area contributed by atoms with Crippen LogP contribution >= 0.6 is 0 Å². The molecule has 0 aromatic carbocycles. The van der Waals surface area contributed by atoms with Gasteiger partial charge in [-0.15, -0.1) is 0 Å². The first-order chi connectivity index (χ1) is 13.5. The van der Waals surface area contributed by atoms with Crippen LogP contribution in [0.4, 0.5) is 5.69 Å². The van der Waals surface area contributed by atoms with Gasteiger partial charge in [0, 0.05) is 37.1 Å². The quantitative estimate of drug-likeness (QED) is 0.595. The van der Waals surface area contributed by atoms with E-state index in [-0.39, 0.29) is 18.4 Å². The number of carbonyl (C=O) groups excluding carboxylic acids is 2.